The highest BCUT2D eigenvalue weighted by atomic mass is 14.7. The van der Waals surface area contributed by atoms with Crippen LogP contribution in [0.1, 0.15) is 11.1 Å². The maximum absolute atomic E-state index is 6.00. The van der Waals surface area contributed by atoms with Crippen LogP contribution in [0.15, 0.2) is 30.3 Å². The van der Waals surface area contributed by atoms with Gasteiger partial charge in [-0.25, -0.2) is 4.98 Å². The van der Waals surface area contributed by atoms with Gasteiger partial charge in [-0.2, -0.15) is 0 Å². The highest BCUT2D eigenvalue weighted by Crippen LogP contribution is 2.28. The fourth-order valence-electron chi connectivity index (χ4n) is 2.28. The van der Waals surface area contributed by atoms with Crippen LogP contribution in [0.3, 0.4) is 0 Å². The minimum absolute atomic E-state index is 0.728. The molecule has 0 saturated heterocycles. The molecule has 0 atom stereocenters. The molecule has 0 unspecified atom stereocenters. The van der Waals surface area contributed by atoms with Crippen LogP contribution < -0.4 is 11.5 Å². The van der Waals surface area contributed by atoms with E-state index in [2.05, 4.69) is 18.0 Å². The summed E-state index contributed by atoms with van der Waals surface area (Å²) in [4.78, 5) is 4.64. The smallest absolute Gasteiger partial charge is 0.0733 e. The number of benzene rings is 2. The van der Waals surface area contributed by atoms with Crippen LogP contribution in [0.4, 0.5) is 11.4 Å². The van der Waals surface area contributed by atoms with Crippen LogP contribution in [0.25, 0.3) is 21.8 Å². The molecule has 0 radical (unpaired) electrons. The number of nitrogens with two attached hydrogens (primary N) is 2. The number of aromatic nitrogens is 1. The van der Waals surface area contributed by atoms with Crippen molar-refractivity contribution >= 4 is 33.2 Å². The van der Waals surface area contributed by atoms with Gasteiger partial charge in [0.2, 0.25) is 0 Å². The monoisotopic (exact) mass is 237 g/mol. The number of hydrogen-bond acceptors (Lipinski definition) is 3. The number of hydrogen-bond donors (Lipinski definition) is 2. The van der Waals surface area contributed by atoms with Gasteiger partial charge in [-0.05, 0) is 49.2 Å². The lowest BCUT2D eigenvalue weighted by Gasteiger charge is -2.10. The Kier molecular flexibility index (Phi) is 2.17. The van der Waals surface area contributed by atoms with Crippen LogP contribution in [0.2, 0.25) is 0 Å². The molecular weight excluding hydrogens is 222 g/mol. The minimum Gasteiger partial charge on any atom is -0.399 e. The maximum Gasteiger partial charge on any atom is 0.0733 e. The first-order chi connectivity index (χ1) is 8.56. The van der Waals surface area contributed by atoms with E-state index in [1.165, 1.54) is 5.56 Å². The Morgan fingerprint density at radius 1 is 0.889 bits per heavy atom. The molecule has 0 aliphatic carbocycles. The van der Waals surface area contributed by atoms with Crippen LogP contribution >= 0.6 is 0 Å². The molecule has 0 aliphatic rings. The molecule has 3 nitrogen and oxygen atoms in total. The summed E-state index contributed by atoms with van der Waals surface area (Å²) in [6.07, 6.45) is 0. The average Bonchev–Trinajstić information content (AvgIpc) is 2.34. The first kappa shape index (κ1) is 10.8. The normalized spacial score (nSPS) is 11.2. The Bertz CT molecular complexity index is 776. The van der Waals surface area contributed by atoms with Gasteiger partial charge in [0.15, 0.2) is 0 Å². The molecular formula is C15H15N3. The van der Waals surface area contributed by atoms with E-state index in [-0.39, 0.29) is 0 Å². The zero-order valence-electron chi connectivity index (χ0n) is 10.5. The number of fused-ring (bicyclic) bond motifs is 2. The average molecular weight is 237 g/mol. The van der Waals surface area contributed by atoms with E-state index in [0.29, 0.717) is 0 Å². The van der Waals surface area contributed by atoms with Crippen molar-refractivity contribution in [3.05, 3.63) is 41.5 Å². The van der Waals surface area contributed by atoms with Gasteiger partial charge < -0.3 is 11.5 Å². The van der Waals surface area contributed by atoms with Crippen molar-refractivity contribution in [1.29, 1.82) is 0 Å². The molecule has 3 rings (SSSR count). The van der Waals surface area contributed by atoms with Crippen molar-refractivity contribution in [1.82, 2.24) is 4.98 Å². The third-order valence-electron chi connectivity index (χ3n) is 3.56. The van der Waals surface area contributed by atoms with Crippen LogP contribution in [-0.4, -0.2) is 4.98 Å². The van der Waals surface area contributed by atoms with E-state index in [1.807, 2.05) is 31.2 Å². The fraction of sp³-hybridized carbons (Fsp3) is 0.133. The number of anilines is 2. The second-order valence-corrected chi connectivity index (χ2v) is 4.72. The maximum atomic E-state index is 6.00. The van der Waals surface area contributed by atoms with Gasteiger partial charge in [0, 0.05) is 22.1 Å². The van der Waals surface area contributed by atoms with Gasteiger partial charge in [-0.15, -0.1) is 0 Å². The summed E-state index contributed by atoms with van der Waals surface area (Å²) in [7, 11) is 0. The van der Waals surface area contributed by atoms with Crippen LogP contribution in [0.5, 0.6) is 0 Å². The Balaban J connectivity index is 2.49. The van der Waals surface area contributed by atoms with E-state index in [0.717, 1.165) is 38.7 Å². The predicted molar refractivity (Wildman–Crippen MR) is 77.5 cm³/mol. The van der Waals surface area contributed by atoms with Crippen LogP contribution in [0, 0.1) is 13.8 Å². The molecule has 0 saturated carbocycles. The quantitative estimate of drug-likeness (QED) is 0.466. The second-order valence-electron chi connectivity index (χ2n) is 4.72. The highest BCUT2D eigenvalue weighted by molar-refractivity contribution is 5.97. The molecule has 4 N–H and O–H groups in total. The molecule has 0 amide bonds. The number of rotatable bonds is 0. The van der Waals surface area contributed by atoms with Crippen molar-refractivity contribution in [3.8, 4) is 0 Å². The molecule has 0 bridgehead atoms. The zero-order valence-corrected chi connectivity index (χ0v) is 10.5. The summed E-state index contributed by atoms with van der Waals surface area (Å²) in [5, 5.41) is 2.25. The number of nitrogens with zero attached hydrogens (tertiary/aromatic N) is 1. The third-order valence-corrected chi connectivity index (χ3v) is 3.56. The Morgan fingerprint density at radius 2 is 1.67 bits per heavy atom. The summed E-state index contributed by atoms with van der Waals surface area (Å²) in [5.41, 5.74) is 17.4. The van der Waals surface area contributed by atoms with Gasteiger partial charge in [0.1, 0.15) is 0 Å². The van der Waals surface area contributed by atoms with Crippen molar-refractivity contribution in [2.24, 2.45) is 0 Å². The number of aryl methyl sites for hydroxylation is 1. The van der Waals surface area contributed by atoms with Crippen molar-refractivity contribution in [3.63, 3.8) is 0 Å². The SMILES string of the molecule is Cc1c(N)cc2nc3cc(N)ccc3cc2c1C. The van der Waals surface area contributed by atoms with Gasteiger partial charge in [0.25, 0.3) is 0 Å². The van der Waals surface area contributed by atoms with E-state index in [4.69, 9.17) is 11.5 Å². The summed E-state index contributed by atoms with van der Waals surface area (Å²) in [6.45, 7) is 4.12. The third kappa shape index (κ3) is 1.48. The topological polar surface area (TPSA) is 64.9 Å². The van der Waals surface area contributed by atoms with Crippen molar-refractivity contribution < 1.29 is 0 Å². The molecule has 18 heavy (non-hydrogen) atoms. The molecule has 1 aromatic heterocycles. The Morgan fingerprint density at radius 3 is 2.44 bits per heavy atom. The molecule has 0 spiro atoms. The second kappa shape index (κ2) is 3.60. The number of nitrogen functional groups attached to an aromatic ring is 2. The lowest BCUT2D eigenvalue weighted by atomic mass is 10.0. The first-order valence-electron chi connectivity index (χ1n) is 5.92. The van der Waals surface area contributed by atoms with E-state index in [9.17, 15) is 0 Å². The van der Waals surface area contributed by atoms with Crippen LogP contribution in [-0.2, 0) is 0 Å². The summed E-state index contributed by atoms with van der Waals surface area (Å²) < 4.78 is 0. The minimum atomic E-state index is 0.728. The standard InChI is InChI=1S/C15H15N3/c1-8-9(2)13(17)7-15-12(8)5-10-3-4-11(16)6-14(10)18-15/h3-7H,16-17H2,1-2H3. The molecule has 1 heterocycles. The van der Waals surface area contributed by atoms with E-state index in [1.54, 1.807) is 0 Å². The highest BCUT2D eigenvalue weighted by Gasteiger charge is 2.07. The largest absolute Gasteiger partial charge is 0.399 e. The van der Waals surface area contributed by atoms with E-state index < -0.39 is 0 Å². The fourth-order valence-corrected chi connectivity index (χ4v) is 2.28. The van der Waals surface area contributed by atoms with Crippen molar-refractivity contribution in [2.45, 2.75) is 13.8 Å². The lowest BCUT2D eigenvalue weighted by Crippen LogP contribution is -1.95. The van der Waals surface area contributed by atoms with E-state index >= 15 is 0 Å². The lowest BCUT2D eigenvalue weighted by molar-refractivity contribution is 1.36. The number of pyridine rings is 1. The zero-order chi connectivity index (χ0) is 12.9. The van der Waals surface area contributed by atoms with Crippen molar-refractivity contribution in [2.75, 3.05) is 11.5 Å². The molecule has 3 aromatic rings. The summed E-state index contributed by atoms with van der Waals surface area (Å²) in [6, 6.07) is 9.87. The summed E-state index contributed by atoms with van der Waals surface area (Å²) in [5.74, 6) is 0. The first-order valence-corrected chi connectivity index (χ1v) is 5.92. The Labute approximate surface area is 105 Å². The molecule has 0 aliphatic heterocycles. The molecule has 0 fully saturated rings. The van der Waals surface area contributed by atoms with Gasteiger partial charge in [-0.3, -0.25) is 0 Å². The van der Waals surface area contributed by atoms with Gasteiger partial charge in [0.05, 0.1) is 11.0 Å². The molecule has 2 aromatic carbocycles. The Hall–Kier alpha value is -2.29. The molecule has 90 valence electrons. The van der Waals surface area contributed by atoms with Gasteiger partial charge in [-0.1, -0.05) is 6.07 Å². The van der Waals surface area contributed by atoms with Gasteiger partial charge >= 0.3 is 0 Å². The summed E-state index contributed by atoms with van der Waals surface area (Å²) >= 11 is 0. The predicted octanol–water partition coefficient (Wildman–Crippen LogP) is 3.17. The molecule has 3 heteroatoms.